The molecule has 2 aromatic carbocycles. The fourth-order valence-electron chi connectivity index (χ4n) is 5.92. The number of carboxylic acids is 1. The molecule has 3 aromatic heterocycles. The monoisotopic (exact) mass is 601 g/mol. The molecule has 7 rings (SSSR count). The van der Waals surface area contributed by atoms with Crippen LogP contribution in [0.5, 0.6) is 5.88 Å². The Morgan fingerprint density at radius 2 is 2.02 bits per heavy atom. The molecule has 0 spiro atoms. The minimum atomic E-state index is -0.945. The first kappa shape index (κ1) is 27.6. The second kappa shape index (κ2) is 11.5. The maximum absolute atomic E-state index is 13.7. The molecule has 4 heterocycles. The van der Waals surface area contributed by atoms with Crippen molar-refractivity contribution in [3.8, 4) is 5.88 Å². The van der Waals surface area contributed by atoms with E-state index in [2.05, 4.69) is 10.6 Å². The number of allylic oxidation sites excluding steroid dienone is 2. The lowest BCUT2D eigenvalue weighted by Crippen LogP contribution is -2.32. The zero-order valence-electron chi connectivity index (χ0n) is 23.3. The number of carboxylic acid groups (broad SMARTS) is 1. The normalized spacial score (nSPS) is 18.5. The van der Waals surface area contributed by atoms with Crippen LogP contribution in [-0.2, 0) is 24.3 Å². The maximum Gasteiger partial charge on any atom is 0.335 e. The van der Waals surface area contributed by atoms with Gasteiger partial charge in [-0.25, -0.2) is 14.8 Å². The molecule has 2 aliphatic rings. The molecule has 1 aliphatic carbocycles. The fraction of sp³-hybridized carbons (Fsp3) is 0.303. The van der Waals surface area contributed by atoms with Crippen LogP contribution in [0.1, 0.15) is 53.1 Å². The molecule has 220 valence electrons. The summed E-state index contributed by atoms with van der Waals surface area (Å²) < 4.78 is 32.7. The minimum absolute atomic E-state index is 0.133. The summed E-state index contributed by atoms with van der Waals surface area (Å²) in [4.78, 5) is 21.2. The number of hydrogen-bond acceptors (Lipinski definition) is 6. The highest BCUT2D eigenvalue weighted by Gasteiger charge is 2.25. The van der Waals surface area contributed by atoms with Crippen LogP contribution in [-0.4, -0.2) is 38.3 Å². The average Bonchev–Trinajstić information content (AvgIpc) is 3.55. The highest BCUT2D eigenvalue weighted by Crippen LogP contribution is 2.34. The molecule has 1 saturated heterocycles. The van der Waals surface area contributed by atoms with Crippen LogP contribution < -0.4 is 4.74 Å². The van der Waals surface area contributed by atoms with Crippen molar-refractivity contribution in [2.75, 3.05) is 6.61 Å². The van der Waals surface area contributed by atoms with Crippen LogP contribution in [0, 0.1) is 11.9 Å². The van der Waals surface area contributed by atoms with Crippen molar-refractivity contribution in [3.63, 3.8) is 0 Å². The van der Waals surface area contributed by atoms with Gasteiger partial charge in [-0.15, -0.1) is 0 Å². The topological polar surface area (TPSA) is 99.6 Å². The van der Waals surface area contributed by atoms with Crippen LogP contribution in [0.3, 0.4) is 0 Å². The summed E-state index contributed by atoms with van der Waals surface area (Å²) in [7, 11) is 0. The number of nitrogens with zero attached hydrogens (tertiary/aromatic N) is 3. The number of furan rings is 1. The van der Waals surface area contributed by atoms with Gasteiger partial charge in [0.2, 0.25) is 5.88 Å². The molecular weight excluding hydrogens is 573 g/mol. The number of halogens is 2. The second-order valence-electron chi connectivity index (χ2n) is 11.2. The third kappa shape index (κ3) is 5.62. The molecule has 10 heteroatoms. The van der Waals surface area contributed by atoms with E-state index in [0.29, 0.717) is 39.9 Å². The lowest BCUT2D eigenvalue weighted by Gasteiger charge is -2.28. The summed E-state index contributed by atoms with van der Waals surface area (Å²) >= 11 is 6.18. The summed E-state index contributed by atoms with van der Waals surface area (Å²) in [5.41, 5.74) is 5.01. The van der Waals surface area contributed by atoms with Crippen LogP contribution in [0.2, 0.25) is 5.02 Å². The van der Waals surface area contributed by atoms with Crippen molar-refractivity contribution in [2.24, 2.45) is 5.92 Å². The number of fused-ring (bicyclic) bond motifs is 2. The molecule has 1 aliphatic heterocycles. The van der Waals surface area contributed by atoms with Gasteiger partial charge in [0, 0.05) is 36.1 Å². The Morgan fingerprint density at radius 3 is 2.79 bits per heavy atom. The van der Waals surface area contributed by atoms with Crippen LogP contribution in [0.4, 0.5) is 4.39 Å². The van der Waals surface area contributed by atoms with Crippen molar-refractivity contribution in [2.45, 2.75) is 51.4 Å². The van der Waals surface area contributed by atoms with E-state index in [1.165, 1.54) is 11.6 Å². The van der Waals surface area contributed by atoms with Gasteiger partial charge in [0.15, 0.2) is 0 Å². The number of aromatic carboxylic acids is 1. The third-order valence-corrected chi connectivity index (χ3v) is 8.68. The highest BCUT2D eigenvalue weighted by molar-refractivity contribution is 6.35. The Bertz CT molecular complexity index is 1880. The molecule has 0 unspecified atom stereocenters. The summed E-state index contributed by atoms with van der Waals surface area (Å²) in [6.07, 6.45) is 6.92. The summed E-state index contributed by atoms with van der Waals surface area (Å²) in [6, 6.07) is 14.9. The number of benzene rings is 2. The van der Waals surface area contributed by atoms with E-state index < -0.39 is 12.0 Å². The molecule has 1 N–H and O–H groups in total. The first-order valence-corrected chi connectivity index (χ1v) is 14.8. The number of pyridine rings is 1. The number of aromatic nitrogens is 3. The molecule has 8 nitrogen and oxygen atoms in total. The molecule has 43 heavy (non-hydrogen) atoms. The molecule has 0 amide bonds. The molecule has 1 fully saturated rings. The summed E-state index contributed by atoms with van der Waals surface area (Å²) in [5.74, 6) is 0.903. The molecule has 0 saturated carbocycles. The van der Waals surface area contributed by atoms with E-state index in [4.69, 9.17) is 35.5 Å². The molecule has 5 aromatic rings. The van der Waals surface area contributed by atoms with Gasteiger partial charge in [-0.2, -0.15) is 4.39 Å². The van der Waals surface area contributed by atoms with Gasteiger partial charge >= 0.3 is 5.97 Å². The minimum Gasteiger partial charge on any atom is -0.478 e. The van der Waals surface area contributed by atoms with E-state index in [0.717, 1.165) is 61.3 Å². The number of carbonyl (C=O) groups is 1. The number of ether oxygens (including phenoxy) is 2. The van der Waals surface area contributed by atoms with Gasteiger partial charge in [0.25, 0.3) is 6.01 Å². The van der Waals surface area contributed by atoms with E-state index >= 15 is 0 Å². The van der Waals surface area contributed by atoms with Gasteiger partial charge in [0.1, 0.15) is 18.0 Å². The second-order valence-corrected chi connectivity index (χ2v) is 11.6. The highest BCUT2D eigenvalue weighted by atomic mass is 35.5. The zero-order valence-corrected chi connectivity index (χ0v) is 24.0. The zero-order chi connectivity index (χ0) is 29.5. The largest absolute Gasteiger partial charge is 0.478 e. The lowest BCUT2D eigenvalue weighted by atomic mass is 9.86. The van der Waals surface area contributed by atoms with Crippen LogP contribution in [0.25, 0.3) is 27.6 Å². The Morgan fingerprint density at radius 1 is 1.14 bits per heavy atom. The smallest absolute Gasteiger partial charge is 0.335 e. The van der Waals surface area contributed by atoms with E-state index in [-0.39, 0.29) is 18.3 Å². The quantitative estimate of drug-likeness (QED) is 0.187. The fourth-order valence-corrected chi connectivity index (χ4v) is 6.12. The average molecular weight is 602 g/mol. The van der Waals surface area contributed by atoms with Crippen molar-refractivity contribution >= 4 is 45.1 Å². The Hall–Kier alpha value is -4.21. The molecule has 0 bridgehead atoms. The van der Waals surface area contributed by atoms with Gasteiger partial charge in [-0.1, -0.05) is 29.8 Å². The standard InChI is InChI=1S/C33H29ClFN3O5/c34-25-10-8-22(32-24(25)16-29(35)43-32)18-42-31-3-1-2-26(37-31)20-6-4-19(5-7-20)14-30-36-27-11-9-21(33(39)40)15-28(27)38(30)17-23-12-13-41-23/h1-3,6,8-11,15-16,19,23H,4-5,7,12-14,17-18H2,(H,39,40)/t19-,23-/m0/s1. The Balaban J connectivity index is 1.05. The Kier molecular flexibility index (Phi) is 7.36. The SMILES string of the molecule is O=C(O)c1ccc2nc(C[C@H]3CC=C(c4cccc(OCc5ccc(Cl)c6cc(F)oc56)n4)CC3)n(C[C@@H]3CCO3)c2c1. The lowest BCUT2D eigenvalue weighted by molar-refractivity contribution is -0.0590. The number of imidazole rings is 1. The van der Waals surface area contributed by atoms with Gasteiger partial charge in [-0.3, -0.25) is 0 Å². The maximum atomic E-state index is 13.7. The Labute approximate surface area is 251 Å². The first-order chi connectivity index (χ1) is 20.9. The number of hydrogen-bond donors (Lipinski definition) is 1. The van der Waals surface area contributed by atoms with E-state index in [9.17, 15) is 14.3 Å². The van der Waals surface area contributed by atoms with Crippen molar-refractivity contribution in [1.82, 2.24) is 14.5 Å². The number of rotatable bonds is 9. The van der Waals surface area contributed by atoms with Crippen molar-refractivity contribution < 1.29 is 28.2 Å². The molecule has 2 atom stereocenters. The summed E-state index contributed by atoms with van der Waals surface area (Å²) in [6.45, 7) is 1.60. The van der Waals surface area contributed by atoms with Gasteiger partial charge < -0.3 is 23.6 Å². The van der Waals surface area contributed by atoms with Crippen molar-refractivity contribution in [1.29, 1.82) is 0 Å². The predicted octanol–water partition coefficient (Wildman–Crippen LogP) is 7.46. The predicted molar refractivity (Wildman–Crippen MR) is 160 cm³/mol. The van der Waals surface area contributed by atoms with E-state index in [1.807, 2.05) is 12.1 Å². The molecule has 0 radical (unpaired) electrons. The van der Waals surface area contributed by atoms with Crippen LogP contribution >= 0.6 is 11.6 Å². The van der Waals surface area contributed by atoms with Gasteiger partial charge in [-0.05, 0) is 67.5 Å². The van der Waals surface area contributed by atoms with Crippen molar-refractivity contribution in [3.05, 3.63) is 94.4 Å². The van der Waals surface area contributed by atoms with Crippen LogP contribution in [0.15, 0.2) is 65.1 Å². The van der Waals surface area contributed by atoms with Gasteiger partial charge in [0.05, 0.1) is 40.0 Å². The molecular formula is C33H29ClFN3O5. The summed E-state index contributed by atoms with van der Waals surface area (Å²) in [5, 5.41) is 10.5. The first-order valence-electron chi connectivity index (χ1n) is 14.4. The van der Waals surface area contributed by atoms with E-state index in [1.54, 1.807) is 36.4 Å². The third-order valence-electron chi connectivity index (χ3n) is 8.35.